The molecule has 0 aliphatic carbocycles. The average molecular weight is 187 g/mol. The van der Waals surface area contributed by atoms with Gasteiger partial charge in [0.1, 0.15) is 0 Å². The first-order valence-corrected chi connectivity index (χ1v) is 4.77. The van der Waals surface area contributed by atoms with Crippen LogP contribution in [0.3, 0.4) is 0 Å². The maximum atomic E-state index is 11.4. The summed E-state index contributed by atoms with van der Waals surface area (Å²) < 4.78 is 4.94. The summed E-state index contributed by atoms with van der Waals surface area (Å²) in [5.41, 5.74) is 0. The summed E-state index contributed by atoms with van der Waals surface area (Å²) in [6.45, 7) is 3.81. The predicted molar refractivity (Wildman–Crippen MR) is 48.2 cm³/mol. The number of hydrogen-bond donors (Lipinski definition) is 2. The summed E-state index contributed by atoms with van der Waals surface area (Å²) >= 11 is 0. The molecule has 0 aromatic rings. The number of hydrogen-bond acceptors (Lipinski definition) is 4. The van der Waals surface area contributed by atoms with Gasteiger partial charge in [-0.05, 0) is 19.9 Å². The molecule has 2 atom stereocenters. The number of aliphatic hydroxyl groups excluding tert-OH is 1. The molecule has 0 bridgehead atoms. The summed E-state index contributed by atoms with van der Waals surface area (Å²) in [7, 11) is 0. The van der Waals surface area contributed by atoms with E-state index in [1.54, 1.807) is 6.92 Å². The van der Waals surface area contributed by atoms with Gasteiger partial charge in [0.2, 0.25) is 0 Å². The quantitative estimate of drug-likeness (QED) is 0.599. The normalized spacial score (nSPS) is 28.5. The summed E-state index contributed by atoms with van der Waals surface area (Å²) in [5.74, 6) is -0.262. The minimum Gasteiger partial charge on any atom is -0.466 e. The van der Waals surface area contributed by atoms with Gasteiger partial charge in [-0.1, -0.05) is 0 Å². The van der Waals surface area contributed by atoms with E-state index in [4.69, 9.17) is 9.84 Å². The van der Waals surface area contributed by atoms with Crippen molar-refractivity contribution in [1.29, 1.82) is 0 Å². The molecule has 0 radical (unpaired) electrons. The second-order valence-electron chi connectivity index (χ2n) is 3.29. The van der Waals surface area contributed by atoms with E-state index in [1.807, 2.05) is 0 Å². The molecule has 0 spiro atoms. The van der Waals surface area contributed by atoms with Crippen LogP contribution >= 0.6 is 0 Å². The van der Waals surface area contributed by atoms with Crippen LogP contribution in [0.2, 0.25) is 0 Å². The molecule has 1 heterocycles. The van der Waals surface area contributed by atoms with E-state index in [9.17, 15) is 4.79 Å². The number of carbonyl (C=O) groups excluding carboxylic acids is 1. The molecule has 0 amide bonds. The molecule has 0 aromatic heterocycles. The highest BCUT2D eigenvalue weighted by Crippen LogP contribution is 2.20. The lowest BCUT2D eigenvalue weighted by atomic mass is 9.87. The molecule has 1 saturated heterocycles. The van der Waals surface area contributed by atoms with Crippen LogP contribution in [0.5, 0.6) is 0 Å². The molecular formula is C9H17NO3. The number of rotatable bonds is 3. The number of ether oxygens (including phenoxy) is 1. The Morgan fingerprint density at radius 1 is 1.69 bits per heavy atom. The Hall–Kier alpha value is -0.610. The number of aliphatic hydroxyl groups is 1. The first kappa shape index (κ1) is 10.5. The first-order valence-electron chi connectivity index (χ1n) is 4.77. The number of carbonyl (C=O) groups is 1. The lowest BCUT2D eigenvalue weighted by molar-refractivity contribution is -0.151. The molecule has 1 fully saturated rings. The van der Waals surface area contributed by atoms with Crippen molar-refractivity contribution >= 4 is 5.97 Å². The van der Waals surface area contributed by atoms with Crippen molar-refractivity contribution in [2.75, 3.05) is 26.3 Å². The number of esters is 1. The van der Waals surface area contributed by atoms with Crippen molar-refractivity contribution in [3.05, 3.63) is 0 Å². The largest absolute Gasteiger partial charge is 0.466 e. The Labute approximate surface area is 78.3 Å². The fraction of sp³-hybridized carbons (Fsp3) is 0.889. The summed E-state index contributed by atoms with van der Waals surface area (Å²) in [6, 6.07) is 0. The highest BCUT2D eigenvalue weighted by molar-refractivity contribution is 5.73. The first-order chi connectivity index (χ1) is 6.29. The summed E-state index contributed by atoms with van der Waals surface area (Å²) in [5, 5.41) is 12.2. The third kappa shape index (κ3) is 2.67. The monoisotopic (exact) mass is 187 g/mol. The molecule has 2 N–H and O–H groups in total. The highest BCUT2D eigenvalue weighted by atomic mass is 16.5. The zero-order valence-corrected chi connectivity index (χ0v) is 7.95. The SMILES string of the molecule is CCOC(=O)[C@@H]1CCNC[C@H]1CO. The molecule has 0 unspecified atom stereocenters. The van der Waals surface area contributed by atoms with E-state index < -0.39 is 0 Å². The Morgan fingerprint density at radius 2 is 2.46 bits per heavy atom. The number of piperidine rings is 1. The van der Waals surface area contributed by atoms with Crippen molar-refractivity contribution < 1.29 is 14.6 Å². The van der Waals surface area contributed by atoms with E-state index >= 15 is 0 Å². The highest BCUT2D eigenvalue weighted by Gasteiger charge is 2.31. The van der Waals surface area contributed by atoms with Gasteiger partial charge in [-0.3, -0.25) is 4.79 Å². The van der Waals surface area contributed by atoms with E-state index in [0.29, 0.717) is 13.2 Å². The molecular weight excluding hydrogens is 170 g/mol. The van der Waals surface area contributed by atoms with Crippen LogP contribution in [-0.4, -0.2) is 37.4 Å². The second-order valence-corrected chi connectivity index (χ2v) is 3.29. The Morgan fingerprint density at radius 3 is 3.08 bits per heavy atom. The van der Waals surface area contributed by atoms with Gasteiger partial charge < -0.3 is 15.2 Å². The lowest BCUT2D eigenvalue weighted by Gasteiger charge is -2.28. The minimum atomic E-state index is -0.164. The molecule has 0 aromatic carbocycles. The molecule has 1 aliphatic rings. The fourth-order valence-corrected chi connectivity index (χ4v) is 1.67. The average Bonchev–Trinajstić information content (AvgIpc) is 2.18. The van der Waals surface area contributed by atoms with Crippen molar-refractivity contribution in [2.24, 2.45) is 11.8 Å². The van der Waals surface area contributed by atoms with Crippen LogP contribution < -0.4 is 5.32 Å². The van der Waals surface area contributed by atoms with Crippen molar-refractivity contribution in [3.63, 3.8) is 0 Å². The van der Waals surface area contributed by atoms with Crippen LogP contribution in [0.4, 0.5) is 0 Å². The van der Waals surface area contributed by atoms with Gasteiger partial charge in [0, 0.05) is 19.1 Å². The van der Waals surface area contributed by atoms with Crippen molar-refractivity contribution in [2.45, 2.75) is 13.3 Å². The Kier molecular flexibility index (Phi) is 4.18. The van der Waals surface area contributed by atoms with Crippen LogP contribution in [0.1, 0.15) is 13.3 Å². The van der Waals surface area contributed by atoms with Crippen molar-refractivity contribution in [1.82, 2.24) is 5.32 Å². The van der Waals surface area contributed by atoms with Gasteiger partial charge in [0.05, 0.1) is 12.5 Å². The molecule has 76 valence electrons. The fourth-order valence-electron chi connectivity index (χ4n) is 1.67. The standard InChI is InChI=1S/C9H17NO3/c1-2-13-9(12)8-3-4-10-5-7(8)6-11/h7-8,10-11H,2-6H2,1H3/t7-,8+/m0/s1. The summed E-state index contributed by atoms with van der Waals surface area (Å²) in [6.07, 6.45) is 0.768. The van der Waals surface area contributed by atoms with E-state index in [0.717, 1.165) is 13.0 Å². The second kappa shape index (κ2) is 5.19. The lowest BCUT2D eigenvalue weighted by Crippen LogP contribution is -2.42. The third-order valence-electron chi connectivity index (χ3n) is 2.43. The maximum absolute atomic E-state index is 11.4. The zero-order chi connectivity index (χ0) is 9.68. The van der Waals surface area contributed by atoms with Gasteiger partial charge in [-0.15, -0.1) is 0 Å². The smallest absolute Gasteiger partial charge is 0.309 e. The minimum absolute atomic E-state index is 0.0211. The Bertz CT molecular complexity index is 172. The van der Waals surface area contributed by atoms with Gasteiger partial charge in [-0.25, -0.2) is 0 Å². The molecule has 4 nitrogen and oxygen atoms in total. The Balaban J connectivity index is 2.48. The van der Waals surface area contributed by atoms with E-state index in [2.05, 4.69) is 5.32 Å². The molecule has 1 aliphatic heterocycles. The number of nitrogens with one attached hydrogen (secondary N) is 1. The molecule has 4 heteroatoms. The topological polar surface area (TPSA) is 58.6 Å². The maximum Gasteiger partial charge on any atom is 0.309 e. The van der Waals surface area contributed by atoms with Gasteiger partial charge in [-0.2, -0.15) is 0 Å². The van der Waals surface area contributed by atoms with Crippen molar-refractivity contribution in [3.8, 4) is 0 Å². The van der Waals surface area contributed by atoms with Crippen LogP contribution in [0, 0.1) is 11.8 Å². The van der Waals surface area contributed by atoms with Gasteiger partial charge in [0.15, 0.2) is 0 Å². The predicted octanol–water partition coefficient (Wildman–Crippen LogP) is -0.233. The molecule has 13 heavy (non-hydrogen) atoms. The van der Waals surface area contributed by atoms with Crippen LogP contribution in [0.25, 0.3) is 0 Å². The third-order valence-corrected chi connectivity index (χ3v) is 2.43. The molecule has 0 saturated carbocycles. The van der Waals surface area contributed by atoms with E-state index in [1.165, 1.54) is 0 Å². The van der Waals surface area contributed by atoms with Crippen LogP contribution in [0.15, 0.2) is 0 Å². The van der Waals surface area contributed by atoms with Crippen LogP contribution in [-0.2, 0) is 9.53 Å². The zero-order valence-electron chi connectivity index (χ0n) is 7.95. The molecule has 1 rings (SSSR count). The van der Waals surface area contributed by atoms with Gasteiger partial charge >= 0.3 is 5.97 Å². The summed E-state index contributed by atoms with van der Waals surface area (Å²) in [4.78, 5) is 11.4. The van der Waals surface area contributed by atoms with Gasteiger partial charge in [0.25, 0.3) is 0 Å². The van der Waals surface area contributed by atoms with E-state index in [-0.39, 0.29) is 24.4 Å².